The highest BCUT2D eigenvalue weighted by molar-refractivity contribution is 7.89. The number of halogens is 2. The van der Waals surface area contributed by atoms with Gasteiger partial charge in [0.15, 0.2) is 0 Å². The minimum absolute atomic E-state index is 0.202. The van der Waals surface area contributed by atoms with Crippen molar-refractivity contribution in [2.45, 2.75) is 38.6 Å². The Labute approximate surface area is 131 Å². The van der Waals surface area contributed by atoms with Gasteiger partial charge in [0.25, 0.3) is 0 Å². The zero-order chi connectivity index (χ0) is 16.0. The van der Waals surface area contributed by atoms with Gasteiger partial charge in [-0.15, -0.1) is 0 Å². The van der Waals surface area contributed by atoms with Gasteiger partial charge < -0.3 is 5.32 Å². The van der Waals surface area contributed by atoms with E-state index < -0.39 is 20.7 Å². The van der Waals surface area contributed by atoms with Crippen LogP contribution in [0.3, 0.4) is 0 Å². The van der Waals surface area contributed by atoms with Crippen LogP contribution in [-0.2, 0) is 16.6 Å². The van der Waals surface area contributed by atoms with Crippen molar-refractivity contribution in [1.82, 2.24) is 10.0 Å². The van der Waals surface area contributed by atoms with Gasteiger partial charge in [-0.25, -0.2) is 17.5 Å². The monoisotopic (exact) mass is 336 g/mol. The van der Waals surface area contributed by atoms with Gasteiger partial charge in [0.05, 0.1) is 0 Å². The second kappa shape index (κ2) is 8.08. The molecule has 4 nitrogen and oxygen atoms in total. The topological polar surface area (TPSA) is 58.2 Å². The van der Waals surface area contributed by atoms with Crippen molar-refractivity contribution < 1.29 is 12.8 Å². The van der Waals surface area contributed by atoms with Crippen LogP contribution in [0.15, 0.2) is 17.0 Å². The fourth-order valence-corrected chi connectivity index (χ4v) is 3.26. The van der Waals surface area contributed by atoms with E-state index in [0.29, 0.717) is 18.9 Å². The fourth-order valence-electron chi connectivity index (χ4n) is 1.76. The van der Waals surface area contributed by atoms with E-state index in [0.717, 1.165) is 6.07 Å². The number of hydrogen-bond acceptors (Lipinski definition) is 3. The summed E-state index contributed by atoms with van der Waals surface area (Å²) in [6.45, 7) is 7.02. The number of hydrogen-bond donors (Lipinski definition) is 2. The summed E-state index contributed by atoms with van der Waals surface area (Å²) < 4.78 is 41.1. The van der Waals surface area contributed by atoms with Crippen molar-refractivity contribution in [2.24, 2.45) is 5.92 Å². The third-order valence-corrected chi connectivity index (χ3v) is 4.63. The second-order valence-corrected chi connectivity index (χ2v) is 7.41. The van der Waals surface area contributed by atoms with Gasteiger partial charge in [0.1, 0.15) is 10.7 Å². The Morgan fingerprint density at radius 3 is 2.57 bits per heavy atom. The molecule has 120 valence electrons. The van der Waals surface area contributed by atoms with Crippen LogP contribution in [0.2, 0.25) is 5.02 Å². The quantitative estimate of drug-likeness (QED) is 0.767. The van der Waals surface area contributed by atoms with Crippen LogP contribution in [-0.4, -0.2) is 21.5 Å². The average Bonchev–Trinajstić information content (AvgIpc) is 2.38. The lowest BCUT2D eigenvalue weighted by molar-refractivity contribution is 0.533. The van der Waals surface area contributed by atoms with Crippen LogP contribution in [0.5, 0.6) is 0 Å². The first kappa shape index (κ1) is 18.4. The van der Waals surface area contributed by atoms with Crippen molar-refractivity contribution in [3.8, 4) is 0 Å². The molecule has 0 saturated heterocycles. The smallest absolute Gasteiger partial charge is 0.243 e. The van der Waals surface area contributed by atoms with Gasteiger partial charge in [0.2, 0.25) is 10.0 Å². The van der Waals surface area contributed by atoms with Gasteiger partial charge in [-0.3, -0.25) is 0 Å². The second-order valence-electron chi connectivity index (χ2n) is 5.24. The molecule has 0 unspecified atom stereocenters. The zero-order valence-corrected chi connectivity index (χ0v) is 14.1. The van der Waals surface area contributed by atoms with Gasteiger partial charge in [0, 0.05) is 23.7 Å². The first-order chi connectivity index (χ1) is 9.77. The van der Waals surface area contributed by atoms with Crippen molar-refractivity contribution >= 4 is 21.6 Å². The molecule has 0 spiro atoms. The fraction of sp³-hybridized carbons (Fsp3) is 0.571. The molecule has 1 rings (SSSR count). The van der Waals surface area contributed by atoms with Crippen LogP contribution in [0.1, 0.15) is 32.8 Å². The molecule has 2 N–H and O–H groups in total. The van der Waals surface area contributed by atoms with E-state index in [-0.39, 0.29) is 23.7 Å². The molecule has 0 saturated carbocycles. The van der Waals surface area contributed by atoms with Crippen LogP contribution in [0.4, 0.5) is 4.39 Å². The minimum Gasteiger partial charge on any atom is -0.313 e. The van der Waals surface area contributed by atoms with E-state index in [9.17, 15) is 12.8 Å². The maximum Gasteiger partial charge on any atom is 0.243 e. The normalized spacial score (nSPS) is 12.1. The highest BCUT2D eigenvalue weighted by Crippen LogP contribution is 2.23. The molecule has 0 aliphatic rings. The Balaban J connectivity index is 3.02. The Morgan fingerprint density at radius 1 is 1.33 bits per heavy atom. The molecule has 7 heteroatoms. The first-order valence-corrected chi connectivity index (χ1v) is 8.82. The van der Waals surface area contributed by atoms with E-state index in [1.54, 1.807) is 0 Å². The van der Waals surface area contributed by atoms with Crippen molar-refractivity contribution in [3.63, 3.8) is 0 Å². The molecule has 0 radical (unpaired) electrons. The maximum atomic E-state index is 14.3. The summed E-state index contributed by atoms with van der Waals surface area (Å²) in [6.07, 6.45) is 0.686. The highest BCUT2D eigenvalue weighted by Gasteiger charge is 2.22. The molecule has 1 aromatic carbocycles. The van der Waals surface area contributed by atoms with Gasteiger partial charge in [-0.05, 0) is 31.0 Å². The van der Waals surface area contributed by atoms with Gasteiger partial charge in [-0.2, -0.15) is 0 Å². The summed E-state index contributed by atoms with van der Waals surface area (Å²) in [5, 5.41) is 3.16. The summed E-state index contributed by atoms with van der Waals surface area (Å²) in [5.41, 5.74) is 0.244. The summed E-state index contributed by atoms with van der Waals surface area (Å²) in [5.74, 6) is -0.390. The highest BCUT2D eigenvalue weighted by atomic mass is 35.5. The molecule has 0 fully saturated rings. The summed E-state index contributed by atoms with van der Waals surface area (Å²) in [4.78, 5) is -0.397. The molecule has 0 bridgehead atoms. The van der Waals surface area contributed by atoms with E-state index in [4.69, 9.17) is 11.6 Å². The molecule has 0 atom stereocenters. The summed E-state index contributed by atoms with van der Waals surface area (Å²) >= 11 is 5.90. The average molecular weight is 337 g/mol. The van der Waals surface area contributed by atoms with Crippen LogP contribution < -0.4 is 10.0 Å². The van der Waals surface area contributed by atoms with Crippen LogP contribution >= 0.6 is 11.6 Å². The third-order valence-electron chi connectivity index (χ3n) is 2.95. The van der Waals surface area contributed by atoms with Crippen molar-refractivity contribution in [3.05, 3.63) is 28.5 Å². The standard InChI is InChI=1S/C14H22ClFN2O2S/c1-4-17-9-11-7-12(15)8-13(14(11)16)21(19,20)18-6-5-10(2)3/h7-8,10,17-18H,4-6,9H2,1-3H3. The summed E-state index contributed by atoms with van der Waals surface area (Å²) in [6, 6.07) is 2.58. The minimum atomic E-state index is -3.89. The lowest BCUT2D eigenvalue weighted by Crippen LogP contribution is -2.27. The number of sulfonamides is 1. The molecule has 0 heterocycles. The molecular weight excluding hydrogens is 315 g/mol. The molecule has 21 heavy (non-hydrogen) atoms. The SMILES string of the molecule is CCNCc1cc(Cl)cc(S(=O)(=O)NCCC(C)C)c1F. The molecule has 0 amide bonds. The van der Waals surface area contributed by atoms with E-state index in [1.807, 2.05) is 20.8 Å². The maximum absolute atomic E-state index is 14.3. The summed E-state index contributed by atoms with van der Waals surface area (Å²) in [7, 11) is -3.89. The van der Waals surface area contributed by atoms with E-state index in [1.165, 1.54) is 6.07 Å². The lowest BCUT2D eigenvalue weighted by Gasteiger charge is -2.12. The van der Waals surface area contributed by atoms with E-state index in [2.05, 4.69) is 10.0 Å². The van der Waals surface area contributed by atoms with Crippen molar-refractivity contribution in [1.29, 1.82) is 0 Å². The Kier molecular flexibility index (Phi) is 7.06. The van der Waals surface area contributed by atoms with Gasteiger partial charge >= 0.3 is 0 Å². The molecule has 0 aromatic heterocycles. The number of benzene rings is 1. The first-order valence-electron chi connectivity index (χ1n) is 6.96. The molecular formula is C14H22ClFN2O2S. The molecule has 0 aliphatic carbocycles. The Morgan fingerprint density at radius 2 is 2.00 bits per heavy atom. The largest absolute Gasteiger partial charge is 0.313 e. The number of rotatable bonds is 8. The lowest BCUT2D eigenvalue weighted by atomic mass is 10.1. The molecule has 1 aromatic rings. The van der Waals surface area contributed by atoms with E-state index >= 15 is 0 Å². The zero-order valence-electron chi connectivity index (χ0n) is 12.5. The third kappa shape index (κ3) is 5.54. The molecule has 0 aliphatic heterocycles. The van der Waals surface area contributed by atoms with Crippen molar-refractivity contribution in [2.75, 3.05) is 13.1 Å². The Hall–Kier alpha value is -0.690. The predicted octanol–water partition coefficient (Wildman–Crippen LogP) is 2.91. The van der Waals surface area contributed by atoms with Gasteiger partial charge in [-0.1, -0.05) is 32.4 Å². The predicted molar refractivity (Wildman–Crippen MR) is 83.4 cm³/mol. The van der Waals surface area contributed by atoms with Crippen LogP contribution in [0, 0.1) is 11.7 Å². The Bertz CT molecular complexity index is 577. The van der Waals surface area contributed by atoms with Crippen LogP contribution in [0.25, 0.3) is 0 Å². The number of nitrogens with one attached hydrogen (secondary N) is 2.